The van der Waals surface area contributed by atoms with E-state index in [1.54, 1.807) is 0 Å². The quantitative estimate of drug-likeness (QED) is 0.676. The summed E-state index contributed by atoms with van der Waals surface area (Å²) in [5.41, 5.74) is 3.84. The van der Waals surface area contributed by atoms with Crippen molar-refractivity contribution in [1.29, 1.82) is 0 Å². The molecule has 134 valence electrons. The number of anilines is 1. The number of carbonyl (C=O) groups is 1. The van der Waals surface area contributed by atoms with Gasteiger partial charge in [0.1, 0.15) is 5.75 Å². The topological polar surface area (TPSA) is 51.2 Å². The normalized spacial score (nSPS) is 12.0. The van der Waals surface area contributed by atoms with Gasteiger partial charge in [0, 0.05) is 11.1 Å². The molecular formula is C22H24N2O2. The number of amides is 1. The van der Waals surface area contributed by atoms with Crippen molar-refractivity contribution < 1.29 is 9.53 Å². The molecule has 26 heavy (non-hydrogen) atoms. The van der Waals surface area contributed by atoms with E-state index < -0.39 is 0 Å². The van der Waals surface area contributed by atoms with Gasteiger partial charge in [0.15, 0.2) is 6.61 Å². The van der Waals surface area contributed by atoms with Crippen molar-refractivity contribution in [2.24, 2.45) is 0 Å². The molecule has 3 aromatic rings. The lowest BCUT2D eigenvalue weighted by Gasteiger charge is -2.12. The van der Waals surface area contributed by atoms with Gasteiger partial charge in [-0.1, -0.05) is 32.0 Å². The van der Waals surface area contributed by atoms with Gasteiger partial charge < -0.3 is 10.1 Å². The third-order valence-corrected chi connectivity index (χ3v) is 4.58. The number of aromatic nitrogens is 1. The monoisotopic (exact) mass is 348 g/mol. The van der Waals surface area contributed by atoms with Crippen LogP contribution in [0.2, 0.25) is 0 Å². The number of nitrogens with zero attached hydrogens (tertiary/aromatic N) is 1. The van der Waals surface area contributed by atoms with Crippen molar-refractivity contribution in [2.75, 3.05) is 11.9 Å². The first-order valence-corrected chi connectivity index (χ1v) is 8.96. The Balaban J connectivity index is 1.63. The highest BCUT2D eigenvalue weighted by Gasteiger charge is 2.08. The van der Waals surface area contributed by atoms with Crippen LogP contribution in [0.15, 0.2) is 54.6 Å². The highest BCUT2D eigenvalue weighted by molar-refractivity contribution is 6.01. The Morgan fingerprint density at radius 3 is 2.62 bits per heavy atom. The smallest absolute Gasteiger partial charge is 0.262 e. The summed E-state index contributed by atoms with van der Waals surface area (Å²) < 4.78 is 5.61. The molecule has 1 N–H and O–H groups in total. The first kappa shape index (κ1) is 17.9. The van der Waals surface area contributed by atoms with E-state index in [2.05, 4.69) is 36.3 Å². The zero-order chi connectivity index (χ0) is 18.5. The molecule has 0 aliphatic heterocycles. The van der Waals surface area contributed by atoms with Gasteiger partial charge in [0.05, 0.1) is 11.2 Å². The molecule has 4 heteroatoms. The molecule has 3 rings (SSSR count). The van der Waals surface area contributed by atoms with E-state index in [1.165, 1.54) is 5.56 Å². The first-order valence-electron chi connectivity index (χ1n) is 8.96. The molecular weight excluding hydrogens is 324 g/mol. The summed E-state index contributed by atoms with van der Waals surface area (Å²) in [4.78, 5) is 16.7. The minimum absolute atomic E-state index is 0.0294. The fraction of sp³-hybridized carbons (Fsp3) is 0.273. The van der Waals surface area contributed by atoms with Crippen LogP contribution < -0.4 is 10.1 Å². The summed E-state index contributed by atoms with van der Waals surface area (Å²) in [6.07, 6.45) is 1.10. The Kier molecular flexibility index (Phi) is 5.52. The fourth-order valence-electron chi connectivity index (χ4n) is 2.83. The summed E-state index contributed by atoms with van der Waals surface area (Å²) in [6, 6.07) is 17.6. The Morgan fingerprint density at radius 1 is 1.12 bits per heavy atom. The van der Waals surface area contributed by atoms with E-state index >= 15 is 0 Å². The standard InChI is InChI=1S/C22H24N2O2/c1-4-15(2)17-9-11-18(12-10-17)26-14-22(25)24-21-7-5-6-20-19(21)13-8-16(3)23-20/h5-13,15H,4,14H2,1-3H3,(H,24,25). The lowest BCUT2D eigenvalue weighted by atomic mass is 9.99. The van der Waals surface area contributed by atoms with Gasteiger partial charge in [-0.25, -0.2) is 0 Å². The van der Waals surface area contributed by atoms with Gasteiger partial charge in [-0.3, -0.25) is 9.78 Å². The van der Waals surface area contributed by atoms with Gasteiger partial charge in [0.2, 0.25) is 0 Å². The van der Waals surface area contributed by atoms with E-state index in [0.717, 1.165) is 28.7 Å². The second-order valence-corrected chi connectivity index (χ2v) is 6.54. The molecule has 0 bridgehead atoms. The van der Waals surface area contributed by atoms with Crippen LogP contribution in [0.5, 0.6) is 5.75 Å². The number of nitrogens with one attached hydrogen (secondary N) is 1. The molecule has 0 aliphatic rings. The summed E-state index contributed by atoms with van der Waals surface area (Å²) in [7, 11) is 0. The molecule has 4 nitrogen and oxygen atoms in total. The van der Waals surface area contributed by atoms with Crippen molar-refractivity contribution >= 4 is 22.5 Å². The average molecular weight is 348 g/mol. The lowest BCUT2D eigenvalue weighted by Crippen LogP contribution is -2.20. The van der Waals surface area contributed by atoms with Crippen molar-refractivity contribution in [3.63, 3.8) is 0 Å². The van der Waals surface area contributed by atoms with Crippen LogP contribution in [0.4, 0.5) is 5.69 Å². The van der Waals surface area contributed by atoms with Gasteiger partial charge in [-0.05, 0) is 61.2 Å². The SMILES string of the molecule is CCC(C)c1ccc(OCC(=O)Nc2cccc3nc(C)ccc23)cc1. The highest BCUT2D eigenvalue weighted by atomic mass is 16.5. The molecule has 0 spiro atoms. The number of aryl methyl sites for hydroxylation is 1. The van der Waals surface area contributed by atoms with Gasteiger partial charge >= 0.3 is 0 Å². The van der Waals surface area contributed by atoms with E-state index in [1.807, 2.05) is 49.4 Å². The molecule has 1 heterocycles. The molecule has 0 saturated carbocycles. The fourth-order valence-corrected chi connectivity index (χ4v) is 2.83. The Labute approximate surface area is 154 Å². The molecule has 2 aromatic carbocycles. The van der Waals surface area contributed by atoms with Crippen LogP contribution in [0, 0.1) is 6.92 Å². The maximum absolute atomic E-state index is 12.3. The zero-order valence-electron chi connectivity index (χ0n) is 15.5. The van der Waals surface area contributed by atoms with Gasteiger partial charge in [0.25, 0.3) is 5.91 Å². The largest absolute Gasteiger partial charge is 0.484 e. The Bertz CT molecular complexity index is 904. The van der Waals surface area contributed by atoms with E-state index in [0.29, 0.717) is 11.7 Å². The average Bonchev–Trinajstić information content (AvgIpc) is 2.66. The lowest BCUT2D eigenvalue weighted by molar-refractivity contribution is -0.118. The van der Waals surface area contributed by atoms with Gasteiger partial charge in [-0.15, -0.1) is 0 Å². The van der Waals surface area contributed by atoms with Crippen LogP contribution in [0.3, 0.4) is 0 Å². The van der Waals surface area contributed by atoms with E-state index in [-0.39, 0.29) is 12.5 Å². The molecule has 0 aliphatic carbocycles. The Hall–Kier alpha value is -2.88. The van der Waals surface area contributed by atoms with Crippen molar-refractivity contribution in [3.8, 4) is 5.75 Å². The van der Waals surface area contributed by atoms with Crippen molar-refractivity contribution in [1.82, 2.24) is 4.98 Å². The molecule has 0 fully saturated rings. The van der Waals surface area contributed by atoms with Crippen LogP contribution in [-0.4, -0.2) is 17.5 Å². The number of hydrogen-bond acceptors (Lipinski definition) is 3. The summed E-state index contributed by atoms with van der Waals surface area (Å²) >= 11 is 0. The van der Waals surface area contributed by atoms with Crippen LogP contribution in [-0.2, 0) is 4.79 Å². The summed E-state index contributed by atoms with van der Waals surface area (Å²) in [5.74, 6) is 1.03. The number of pyridine rings is 1. The predicted octanol–water partition coefficient (Wildman–Crippen LogP) is 5.07. The third-order valence-electron chi connectivity index (χ3n) is 4.58. The highest BCUT2D eigenvalue weighted by Crippen LogP contribution is 2.23. The second kappa shape index (κ2) is 8.00. The third kappa shape index (κ3) is 4.20. The summed E-state index contributed by atoms with van der Waals surface area (Å²) in [6.45, 7) is 6.29. The maximum atomic E-state index is 12.3. The maximum Gasteiger partial charge on any atom is 0.262 e. The number of benzene rings is 2. The number of carbonyl (C=O) groups excluding carboxylic acids is 1. The molecule has 0 radical (unpaired) electrons. The van der Waals surface area contributed by atoms with Crippen LogP contribution in [0.1, 0.15) is 37.4 Å². The van der Waals surface area contributed by atoms with Crippen LogP contribution >= 0.6 is 0 Å². The molecule has 0 saturated heterocycles. The number of rotatable bonds is 6. The van der Waals surface area contributed by atoms with Crippen molar-refractivity contribution in [2.45, 2.75) is 33.1 Å². The summed E-state index contributed by atoms with van der Waals surface area (Å²) in [5, 5.41) is 3.83. The number of ether oxygens (including phenoxy) is 1. The van der Waals surface area contributed by atoms with Crippen molar-refractivity contribution in [3.05, 3.63) is 65.9 Å². The van der Waals surface area contributed by atoms with Gasteiger partial charge in [-0.2, -0.15) is 0 Å². The van der Waals surface area contributed by atoms with E-state index in [4.69, 9.17) is 4.74 Å². The molecule has 1 atom stereocenters. The number of fused-ring (bicyclic) bond motifs is 1. The second-order valence-electron chi connectivity index (χ2n) is 6.54. The first-order chi connectivity index (χ1) is 12.6. The minimum atomic E-state index is -0.191. The Morgan fingerprint density at radius 2 is 1.88 bits per heavy atom. The minimum Gasteiger partial charge on any atom is -0.484 e. The van der Waals surface area contributed by atoms with Crippen LogP contribution in [0.25, 0.3) is 10.9 Å². The molecule has 1 amide bonds. The molecule has 1 unspecified atom stereocenters. The number of hydrogen-bond donors (Lipinski definition) is 1. The van der Waals surface area contributed by atoms with E-state index in [9.17, 15) is 4.79 Å². The molecule has 1 aromatic heterocycles. The predicted molar refractivity (Wildman–Crippen MR) is 106 cm³/mol. The zero-order valence-corrected chi connectivity index (χ0v) is 15.5.